The molecule has 0 amide bonds. The summed E-state index contributed by atoms with van der Waals surface area (Å²) in [5.41, 5.74) is 0.524. The van der Waals surface area contributed by atoms with Crippen LogP contribution in [0, 0.1) is 0 Å². The number of H-pyrrole nitrogens is 1. The van der Waals surface area contributed by atoms with Gasteiger partial charge < -0.3 is 4.98 Å². The highest BCUT2D eigenvalue weighted by Crippen LogP contribution is 2.05. The second-order valence-electron chi connectivity index (χ2n) is 3.17. The van der Waals surface area contributed by atoms with Gasteiger partial charge in [-0.3, -0.25) is 9.97 Å². The quantitative estimate of drug-likeness (QED) is 0.629. The Morgan fingerprint density at radius 2 is 1.59 bits per heavy atom. The predicted octanol–water partition coefficient (Wildman–Crippen LogP) is 1.40. The number of benzene rings is 1. The number of para-hydroxylation sites is 1. The molecule has 0 saturated heterocycles. The van der Waals surface area contributed by atoms with E-state index in [0.29, 0.717) is 0 Å². The van der Waals surface area contributed by atoms with Crippen molar-refractivity contribution in [1.82, 2.24) is 19.9 Å². The zero-order valence-electron chi connectivity index (χ0n) is 8.95. The lowest BCUT2D eigenvalue weighted by atomic mass is 10.2. The summed E-state index contributed by atoms with van der Waals surface area (Å²) in [6.07, 6.45) is 8.12. The van der Waals surface area contributed by atoms with Crippen molar-refractivity contribution in [2.45, 2.75) is 0 Å². The monoisotopic (exact) mass is 226 g/mol. The molecule has 0 fully saturated rings. The van der Waals surface area contributed by atoms with E-state index in [1.807, 2.05) is 24.3 Å². The first-order chi connectivity index (χ1) is 8.36. The molecule has 1 aromatic carbocycles. The molecular weight excluding hydrogens is 216 g/mol. The third-order valence-corrected chi connectivity index (χ3v) is 2.00. The lowest BCUT2D eigenvalue weighted by Gasteiger charge is -1.92. The van der Waals surface area contributed by atoms with Crippen LogP contribution in [0.25, 0.3) is 10.9 Å². The smallest absolute Gasteiger partial charge is 0.305 e. The van der Waals surface area contributed by atoms with Gasteiger partial charge in [0.15, 0.2) is 0 Å². The van der Waals surface area contributed by atoms with Crippen molar-refractivity contribution in [2.24, 2.45) is 0 Å². The average Bonchev–Trinajstić information content (AvgIpc) is 2.41. The molecular formula is C12H10N4O. The van der Waals surface area contributed by atoms with E-state index in [4.69, 9.17) is 0 Å². The van der Waals surface area contributed by atoms with E-state index in [-0.39, 0.29) is 5.69 Å². The molecule has 0 aliphatic carbocycles. The molecule has 0 spiro atoms. The molecule has 3 aromatic rings. The van der Waals surface area contributed by atoms with E-state index in [0.717, 1.165) is 10.9 Å². The predicted molar refractivity (Wildman–Crippen MR) is 64.4 cm³/mol. The van der Waals surface area contributed by atoms with E-state index in [9.17, 15) is 4.79 Å². The van der Waals surface area contributed by atoms with E-state index in [1.165, 1.54) is 0 Å². The largest absolute Gasteiger partial charge is 0.345 e. The molecule has 0 unspecified atom stereocenters. The summed E-state index contributed by atoms with van der Waals surface area (Å²) in [5, 5.41) is 0.951. The Bertz CT molecular complexity index is 610. The third kappa shape index (κ3) is 3.20. The molecule has 17 heavy (non-hydrogen) atoms. The Kier molecular flexibility index (Phi) is 3.54. The number of aromatic nitrogens is 4. The van der Waals surface area contributed by atoms with Crippen molar-refractivity contribution in [3.05, 3.63) is 65.7 Å². The average molecular weight is 226 g/mol. The van der Waals surface area contributed by atoms with Crippen LogP contribution in [0.5, 0.6) is 0 Å². The maximum Gasteiger partial charge on any atom is 0.345 e. The Morgan fingerprint density at radius 1 is 0.941 bits per heavy atom. The molecule has 0 bridgehead atoms. The van der Waals surface area contributed by atoms with Gasteiger partial charge in [0.05, 0.1) is 5.52 Å². The van der Waals surface area contributed by atoms with Gasteiger partial charge in [-0.05, 0) is 6.07 Å². The molecule has 5 nitrogen and oxygen atoms in total. The topological polar surface area (TPSA) is 71.5 Å². The van der Waals surface area contributed by atoms with Gasteiger partial charge in [0, 0.05) is 36.4 Å². The lowest BCUT2D eigenvalue weighted by molar-refractivity contribution is 1.12. The highest BCUT2D eigenvalue weighted by Gasteiger charge is 1.90. The van der Waals surface area contributed by atoms with Crippen molar-refractivity contribution in [2.75, 3.05) is 0 Å². The van der Waals surface area contributed by atoms with Crippen molar-refractivity contribution in [3.63, 3.8) is 0 Å². The van der Waals surface area contributed by atoms with Gasteiger partial charge in [-0.1, -0.05) is 18.2 Å². The highest BCUT2D eigenvalue weighted by atomic mass is 16.1. The summed E-state index contributed by atoms with van der Waals surface area (Å²) in [6.45, 7) is 0. The van der Waals surface area contributed by atoms with Gasteiger partial charge >= 0.3 is 5.69 Å². The molecule has 2 aromatic heterocycles. The molecule has 1 N–H and O–H groups in total. The van der Waals surface area contributed by atoms with Crippen LogP contribution in [0.15, 0.2) is 60.0 Å². The minimum atomic E-state index is -0.302. The second-order valence-corrected chi connectivity index (χ2v) is 3.17. The van der Waals surface area contributed by atoms with Crippen LogP contribution in [0.3, 0.4) is 0 Å². The Labute approximate surface area is 97.2 Å². The first kappa shape index (κ1) is 10.9. The van der Waals surface area contributed by atoms with Crippen LogP contribution in [-0.4, -0.2) is 19.9 Å². The van der Waals surface area contributed by atoms with Crippen LogP contribution < -0.4 is 5.69 Å². The Hall–Kier alpha value is -2.56. The van der Waals surface area contributed by atoms with Crippen molar-refractivity contribution in [3.8, 4) is 0 Å². The number of rotatable bonds is 0. The van der Waals surface area contributed by atoms with Gasteiger partial charge in [-0.15, -0.1) is 0 Å². The first-order valence-electron chi connectivity index (χ1n) is 5.00. The van der Waals surface area contributed by atoms with Crippen molar-refractivity contribution in [1.29, 1.82) is 0 Å². The van der Waals surface area contributed by atoms with E-state index >= 15 is 0 Å². The summed E-state index contributed by atoms with van der Waals surface area (Å²) in [6, 6.07) is 7.53. The summed E-state index contributed by atoms with van der Waals surface area (Å²) in [7, 11) is 0. The normalized spacial score (nSPS) is 9.41. The number of nitrogens with zero attached hydrogens (tertiary/aromatic N) is 3. The summed E-state index contributed by atoms with van der Waals surface area (Å²) >= 11 is 0. The molecule has 0 radical (unpaired) electrons. The molecule has 0 aliphatic rings. The van der Waals surface area contributed by atoms with E-state index < -0.39 is 0 Å². The van der Waals surface area contributed by atoms with Crippen LogP contribution >= 0.6 is 0 Å². The molecule has 0 atom stereocenters. The van der Waals surface area contributed by atoms with Crippen LogP contribution in [0.2, 0.25) is 0 Å². The number of aromatic amines is 1. The summed E-state index contributed by atoms with van der Waals surface area (Å²) < 4.78 is 0. The fourth-order valence-electron chi connectivity index (χ4n) is 1.25. The number of hydrogen-bond acceptors (Lipinski definition) is 4. The minimum Gasteiger partial charge on any atom is -0.305 e. The SMILES string of the molecule is O=c1ncc2ccccc2[nH]1.c1cnccn1. The number of fused-ring (bicyclic) bond motifs is 1. The molecule has 5 heteroatoms. The standard InChI is InChI=1S/C8H6N2O.C4H4N2/c11-8-9-5-6-3-1-2-4-7(6)10-8;1-2-6-4-3-5-1/h1-5H,(H,9,10,11);1-4H. The molecule has 2 heterocycles. The Balaban J connectivity index is 0.000000153. The van der Waals surface area contributed by atoms with Gasteiger partial charge in [0.25, 0.3) is 0 Å². The zero-order valence-corrected chi connectivity index (χ0v) is 8.95. The fraction of sp³-hybridized carbons (Fsp3) is 0. The maximum atomic E-state index is 10.7. The highest BCUT2D eigenvalue weighted by molar-refractivity contribution is 5.76. The number of hydrogen-bond donors (Lipinski definition) is 1. The molecule has 0 aliphatic heterocycles. The summed E-state index contributed by atoms with van der Waals surface area (Å²) in [5.74, 6) is 0. The molecule has 84 valence electrons. The summed E-state index contributed by atoms with van der Waals surface area (Å²) in [4.78, 5) is 24.4. The van der Waals surface area contributed by atoms with Crippen molar-refractivity contribution < 1.29 is 0 Å². The van der Waals surface area contributed by atoms with Crippen molar-refractivity contribution >= 4 is 10.9 Å². The van der Waals surface area contributed by atoms with Gasteiger partial charge in [0.1, 0.15) is 0 Å². The minimum absolute atomic E-state index is 0.302. The second kappa shape index (κ2) is 5.50. The third-order valence-electron chi connectivity index (χ3n) is 2.00. The zero-order chi connectivity index (χ0) is 11.9. The van der Waals surface area contributed by atoms with Crippen LogP contribution in [0.1, 0.15) is 0 Å². The van der Waals surface area contributed by atoms with E-state index in [1.54, 1.807) is 31.0 Å². The van der Waals surface area contributed by atoms with Gasteiger partial charge in [-0.25, -0.2) is 9.78 Å². The van der Waals surface area contributed by atoms with Crippen LogP contribution in [-0.2, 0) is 0 Å². The fourth-order valence-corrected chi connectivity index (χ4v) is 1.25. The van der Waals surface area contributed by atoms with Gasteiger partial charge in [0.2, 0.25) is 0 Å². The maximum absolute atomic E-state index is 10.7. The van der Waals surface area contributed by atoms with E-state index in [2.05, 4.69) is 19.9 Å². The molecule has 3 rings (SSSR count). The number of nitrogens with one attached hydrogen (secondary N) is 1. The lowest BCUT2D eigenvalue weighted by Crippen LogP contribution is -2.07. The van der Waals surface area contributed by atoms with Gasteiger partial charge in [-0.2, -0.15) is 0 Å². The molecule has 0 saturated carbocycles. The van der Waals surface area contributed by atoms with Crippen LogP contribution in [0.4, 0.5) is 0 Å². The first-order valence-corrected chi connectivity index (χ1v) is 5.00. The Morgan fingerprint density at radius 3 is 2.24 bits per heavy atom.